The summed E-state index contributed by atoms with van der Waals surface area (Å²) in [5.41, 5.74) is 10.4. The Balaban J connectivity index is 1.34. The van der Waals surface area contributed by atoms with E-state index in [1.807, 2.05) is 0 Å². The van der Waals surface area contributed by atoms with Crippen LogP contribution >= 0.6 is 0 Å². The first-order valence-electron chi connectivity index (χ1n) is 16.5. The SMILES string of the molecule is CCC(C)c1ccc2oc3c(-c4cccc5ccccc45)c4oc5ccc(-n6c7ccccc7c7ccccc76)cc5c4cc3c2c1. The maximum absolute atomic E-state index is 6.85. The summed E-state index contributed by atoms with van der Waals surface area (Å²) in [6.07, 6.45) is 1.09. The van der Waals surface area contributed by atoms with Crippen LogP contribution in [0.1, 0.15) is 31.7 Å². The van der Waals surface area contributed by atoms with Crippen LogP contribution in [0.25, 0.3) is 93.3 Å². The van der Waals surface area contributed by atoms with Crippen LogP contribution in [0.4, 0.5) is 0 Å². The topological polar surface area (TPSA) is 31.2 Å². The van der Waals surface area contributed by atoms with E-state index >= 15 is 0 Å². The summed E-state index contributed by atoms with van der Waals surface area (Å²) in [6, 6.07) is 48.0. The van der Waals surface area contributed by atoms with Crippen LogP contribution in [0, 0.1) is 0 Å². The molecule has 3 aromatic heterocycles. The van der Waals surface area contributed by atoms with E-state index < -0.39 is 0 Å². The number of para-hydroxylation sites is 2. The van der Waals surface area contributed by atoms with Crippen LogP contribution in [0.3, 0.4) is 0 Å². The number of nitrogens with zero attached hydrogens (tertiary/aromatic N) is 1. The first-order valence-corrected chi connectivity index (χ1v) is 16.5. The Labute approximate surface area is 271 Å². The van der Waals surface area contributed by atoms with Crippen molar-refractivity contribution in [2.24, 2.45) is 0 Å². The first-order chi connectivity index (χ1) is 23.2. The quantitative estimate of drug-likeness (QED) is 0.200. The second-order valence-corrected chi connectivity index (χ2v) is 12.9. The van der Waals surface area contributed by atoms with Crippen LogP contribution in [0.5, 0.6) is 0 Å². The highest BCUT2D eigenvalue weighted by atomic mass is 16.3. The van der Waals surface area contributed by atoms with E-state index in [9.17, 15) is 0 Å². The van der Waals surface area contributed by atoms with Crippen LogP contribution in [0.15, 0.2) is 142 Å². The molecule has 0 fully saturated rings. The van der Waals surface area contributed by atoms with Crippen LogP contribution in [0.2, 0.25) is 0 Å². The number of aromatic nitrogens is 1. The molecule has 224 valence electrons. The second kappa shape index (κ2) is 9.85. The molecule has 0 aliphatic heterocycles. The Bertz CT molecular complexity index is 2800. The third-order valence-electron chi connectivity index (χ3n) is 10.3. The van der Waals surface area contributed by atoms with Crippen molar-refractivity contribution in [2.45, 2.75) is 26.2 Å². The number of furan rings is 2. The highest BCUT2D eigenvalue weighted by Crippen LogP contribution is 2.47. The van der Waals surface area contributed by atoms with Gasteiger partial charge >= 0.3 is 0 Å². The van der Waals surface area contributed by atoms with Gasteiger partial charge in [0.2, 0.25) is 0 Å². The molecule has 0 saturated heterocycles. The largest absolute Gasteiger partial charge is 0.455 e. The fourth-order valence-corrected chi connectivity index (χ4v) is 7.71. The van der Waals surface area contributed by atoms with Crippen molar-refractivity contribution in [3.63, 3.8) is 0 Å². The average Bonchev–Trinajstić information content (AvgIpc) is 3.79. The van der Waals surface area contributed by atoms with Crippen LogP contribution in [-0.4, -0.2) is 4.57 Å². The molecule has 0 aliphatic carbocycles. The van der Waals surface area contributed by atoms with Gasteiger partial charge in [-0.3, -0.25) is 0 Å². The van der Waals surface area contributed by atoms with Gasteiger partial charge < -0.3 is 13.4 Å². The van der Waals surface area contributed by atoms with E-state index in [4.69, 9.17) is 8.83 Å². The zero-order chi connectivity index (χ0) is 31.2. The zero-order valence-electron chi connectivity index (χ0n) is 26.2. The van der Waals surface area contributed by atoms with Gasteiger partial charge in [0.15, 0.2) is 0 Å². The van der Waals surface area contributed by atoms with Crippen molar-refractivity contribution in [3.8, 4) is 16.8 Å². The van der Waals surface area contributed by atoms with Crippen molar-refractivity contribution in [2.75, 3.05) is 0 Å². The number of rotatable bonds is 4. The average molecular weight is 606 g/mol. The molecule has 0 saturated carbocycles. The lowest BCUT2D eigenvalue weighted by Crippen LogP contribution is -1.93. The molecular formula is C44H31NO2. The Hall–Kier alpha value is -5.80. The number of fused-ring (bicyclic) bond motifs is 10. The van der Waals surface area contributed by atoms with E-state index in [0.717, 1.165) is 67.1 Å². The van der Waals surface area contributed by atoms with Crippen molar-refractivity contribution in [3.05, 3.63) is 139 Å². The molecule has 0 N–H and O–H groups in total. The standard InChI is InChI=1S/C44H31NO2/c1-3-26(2)28-19-21-40-34(23-28)36-25-37-35-24-29(45-38-17-8-6-14-31(38)32-15-7-9-18-39(32)45)20-22-41(35)47-44(37)42(43(36)46-40)33-16-10-12-27-11-4-5-13-30(27)33/h4-26H,3H2,1-2H3. The lowest BCUT2D eigenvalue weighted by atomic mass is 9.93. The molecule has 3 heterocycles. The third-order valence-corrected chi connectivity index (χ3v) is 10.3. The van der Waals surface area contributed by atoms with E-state index in [-0.39, 0.29) is 0 Å². The van der Waals surface area contributed by atoms with Gasteiger partial charge in [-0.2, -0.15) is 0 Å². The Morgan fingerprint density at radius 3 is 1.83 bits per heavy atom. The molecule has 3 nitrogen and oxygen atoms in total. The van der Waals surface area contributed by atoms with Gasteiger partial charge in [-0.15, -0.1) is 0 Å². The summed E-state index contributed by atoms with van der Waals surface area (Å²) in [7, 11) is 0. The Kier molecular flexibility index (Phi) is 5.54. The van der Waals surface area contributed by atoms with Crippen LogP contribution in [-0.2, 0) is 0 Å². The number of hydrogen-bond donors (Lipinski definition) is 0. The summed E-state index contributed by atoms with van der Waals surface area (Å²) < 4.78 is 16.0. The summed E-state index contributed by atoms with van der Waals surface area (Å²) in [4.78, 5) is 0. The molecule has 0 radical (unpaired) electrons. The maximum Gasteiger partial charge on any atom is 0.147 e. The molecule has 1 atom stereocenters. The molecule has 1 unspecified atom stereocenters. The summed E-state index contributed by atoms with van der Waals surface area (Å²) in [5.74, 6) is 0.467. The highest BCUT2D eigenvalue weighted by Gasteiger charge is 2.23. The van der Waals surface area contributed by atoms with Gasteiger partial charge in [0.1, 0.15) is 22.3 Å². The predicted octanol–water partition coefficient (Wildman–Crippen LogP) is 12.9. The lowest BCUT2D eigenvalue weighted by Gasteiger charge is -2.09. The second-order valence-electron chi connectivity index (χ2n) is 12.9. The molecule has 0 spiro atoms. The fraction of sp³-hybridized carbons (Fsp3) is 0.0909. The minimum atomic E-state index is 0.467. The zero-order valence-corrected chi connectivity index (χ0v) is 26.2. The molecule has 10 rings (SSSR count). The first kappa shape index (κ1) is 26.4. The van der Waals surface area contributed by atoms with Gasteiger partial charge in [0, 0.05) is 38.0 Å². The molecule has 0 aliphatic rings. The van der Waals surface area contributed by atoms with Gasteiger partial charge in [-0.1, -0.05) is 98.8 Å². The van der Waals surface area contributed by atoms with Gasteiger partial charge in [0.05, 0.1) is 16.6 Å². The molecule has 0 amide bonds. The molecule has 3 heteroatoms. The normalized spacial score (nSPS) is 12.9. The molecule has 10 aromatic rings. The smallest absolute Gasteiger partial charge is 0.147 e. The minimum absolute atomic E-state index is 0.467. The number of benzene rings is 7. The van der Waals surface area contributed by atoms with E-state index in [2.05, 4.69) is 152 Å². The van der Waals surface area contributed by atoms with Crippen molar-refractivity contribution in [1.29, 1.82) is 0 Å². The van der Waals surface area contributed by atoms with Crippen molar-refractivity contribution >= 4 is 76.5 Å². The van der Waals surface area contributed by atoms with Crippen molar-refractivity contribution in [1.82, 2.24) is 4.57 Å². The summed E-state index contributed by atoms with van der Waals surface area (Å²) in [6.45, 7) is 4.54. The molecule has 47 heavy (non-hydrogen) atoms. The van der Waals surface area contributed by atoms with Crippen molar-refractivity contribution < 1.29 is 8.83 Å². The van der Waals surface area contributed by atoms with Gasteiger partial charge in [-0.25, -0.2) is 0 Å². The monoisotopic (exact) mass is 605 g/mol. The highest BCUT2D eigenvalue weighted by molar-refractivity contribution is 6.24. The minimum Gasteiger partial charge on any atom is -0.455 e. The van der Waals surface area contributed by atoms with E-state index in [1.54, 1.807) is 0 Å². The molecular weight excluding hydrogens is 574 g/mol. The number of hydrogen-bond acceptors (Lipinski definition) is 2. The maximum atomic E-state index is 6.85. The van der Waals surface area contributed by atoms with E-state index in [0.29, 0.717) is 5.92 Å². The van der Waals surface area contributed by atoms with E-state index in [1.165, 1.54) is 38.1 Å². The molecule has 7 aromatic carbocycles. The van der Waals surface area contributed by atoms with Gasteiger partial charge in [-0.05, 0) is 82.8 Å². The Morgan fingerprint density at radius 1 is 0.532 bits per heavy atom. The molecule has 0 bridgehead atoms. The fourth-order valence-electron chi connectivity index (χ4n) is 7.71. The summed E-state index contributed by atoms with van der Waals surface area (Å²) >= 11 is 0. The van der Waals surface area contributed by atoms with Gasteiger partial charge in [0.25, 0.3) is 0 Å². The lowest BCUT2D eigenvalue weighted by molar-refractivity contribution is 0.657. The summed E-state index contributed by atoms with van der Waals surface area (Å²) in [5, 5.41) is 9.32. The van der Waals surface area contributed by atoms with Crippen LogP contribution < -0.4 is 0 Å². The third kappa shape index (κ3) is 3.74. The predicted molar refractivity (Wildman–Crippen MR) is 197 cm³/mol. The Morgan fingerprint density at radius 2 is 1.13 bits per heavy atom.